The summed E-state index contributed by atoms with van der Waals surface area (Å²) in [5.41, 5.74) is 0.493. The Morgan fingerprint density at radius 2 is 1.83 bits per heavy atom. The van der Waals surface area contributed by atoms with Crippen molar-refractivity contribution in [1.29, 1.82) is 0 Å². The second-order valence-corrected chi connectivity index (χ2v) is 5.38. The number of hydrogen-bond donors (Lipinski definition) is 1. The molecular formula is C15H23NO2. The van der Waals surface area contributed by atoms with Gasteiger partial charge in [0, 0.05) is 5.56 Å². The lowest BCUT2D eigenvalue weighted by Crippen LogP contribution is -2.33. The maximum Gasteiger partial charge on any atom is 0.179 e. The topological polar surface area (TPSA) is 38.3 Å². The molecule has 3 heteroatoms. The maximum absolute atomic E-state index is 12.0. The van der Waals surface area contributed by atoms with E-state index in [1.54, 1.807) is 0 Å². The van der Waals surface area contributed by atoms with Gasteiger partial charge in [0.25, 0.3) is 0 Å². The number of carbonyl (C=O) groups excluding carboxylic acids is 1. The third-order valence-electron chi connectivity index (χ3n) is 2.47. The summed E-state index contributed by atoms with van der Waals surface area (Å²) in [6.07, 6.45) is 0. The second-order valence-electron chi connectivity index (χ2n) is 5.38. The number of ether oxygens (including phenoxy) is 1. The van der Waals surface area contributed by atoms with Gasteiger partial charge < -0.3 is 10.1 Å². The summed E-state index contributed by atoms with van der Waals surface area (Å²) < 4.78 is 5.72. The van der Waals surface area contributed by atoms with Crippen LogP contribution in [0.5, 0.6) is 5.75 Å². The molecule has 1 N–H and O–H groups in total. The summed E-state index contributed by atoms with van der Waals surface area (Å²) in [4.78, 5) is 12.0. The minimum Gasteiger partial charge on any atom is -0.488 e. The number of rotatable bonds is 5. The highest BCUT2D eigenvalue weighted by atomic mass is 16.5. The highest BCUT2D eigenvalue weighted by Crippen LogP contribution is 2.19. The first kappa shape index (κ1) is 14.7. The van der Waals surface area contributed by atoms with Crippen molar-refractivity contribution in [3.63, 3.8) is 0 Å². The van der Waals surface area contributed by atoms with Crippen LogP contribution < -0.4 is 10.1 Å². The number of benzene rings is 1. The smallest absolute Gasteiger partial charge is 0.179 e. The third-order valence-corrected chi connectivity index (χ3v) is 2.47. The molecule has 0 aromatic heterocycles. The van der Waals surface area contributed by atoms with E-state index < -0.39 is 0 Å². The molecule has 0 aliphatic rings. The van der Waals surface area contributed by atoms with Gasteiger partial charge in [0.1, 0.15) is 11.4 Å². The van der Waals surface area contributed by atoms with E-state index in [4.69, 9.17) is 4.74 Å². The largest absolute Gasteiger partial charge is 0.488 e. The average molecular weight is 249 g/mol. The lowest BCUT2D eigenvalue weighted by Gasteiger charge is -2.21. The quantitative estimate of drug-likeness (QED) is 0.815. The zero-order valence-corrected chi connectivity index (χ0v) is 11.9. The van der Waals surface area contributed by atoms with Crippen LogP contribution in [0.3, 0.4) is 0 Å². The van der Waals surface area contributed by atoms with Gasteiger partial charge in [-0.05, 0) is 58.5 Å². The first-order valence-corrected chi connectivity index (χ1v) is 6.40. The Morgan fingerprint density at radius 1 is 1.28 bits per heavy atom. The molecular weight excluding hydrogens is 226 g/mol. The molecule has 0 aliphatic carbocycles. The molecule has 1 atom stereocenters. The summed E-state index contributed by atoms with van der Waals surface area (Å²) in [5.74, 6) is 0.898. The fourth-order valence-electron chi connectivity index (χ4n) is 1.69. The number of carbonyl (C=O) groups is 1. The summed E-state index contributed by atoms with van der Waals surface area (Å²) in [6, 6.07) is 7.17. The molecule has 0 saturated heterocycles. The maximum atomic E-state index is 12.0. The zero-order valence-electron chi connectivity index (χ0n) is 11.9. The van der Waals surface area contributed by atoms with Gasteiger partial charge in [-0.15, -0.1) is 0 Å². The standard InChI is InChI=1S/C15H23NO2/c1-6-16-11(2)14(17)12-7-9-13(10-8-12)18-15(3,4)5/h7-11,16H,6H2,1-5H3. The van der Waals surface area contributed by atoms with Crippen LogP contribution >= 0.6 is 0 Å². The van der Waals surface area contributed by atoms with Crippen LogP contribution in [0, 0.1) is 0 Å². The summed E-state index contributed by atoms with van der Waals surface area (Å²) in [5, 5.41) is 3.12. The second kappa shape index (κ2) is 6.01. The minimum atomic E-state index is -0.220. The molecule has 1 aromatic carbocycles. The van der Waals surface area contributed by atoms with E-state index in [9.17, 15) is 4.79 Å². The molecule has 3 nitrogen and oxygen atoms in total. The van der Waals surface area contributed by atoms with Crippen LogP contribution in [0.1, 0.15) is 45.0 Å². The molecule has 0 radical (unpaired) electrons. The van der Waals surface area contributed by atoms with Crippen molar-refractivity contribution in [1.82, 2.24) is 5.32 Å². The molecule has 0 heterocycles. The van der Waals surface area contributed by atoms with Crippen LogP contribution in [0.2, 0.25) is 0 Å². The molecule has 100 valence electrons. The Kier molecular flexibility index (Phi) is 4.91. The van der Waals surface area contributed by atoms with Crippen molar-refractivity contribution >= 4 is 5.78 Å². The highest BCUT2D eigenvalue weighted by molar-refractivity contribution is 5.99. The Hall–Kier alpha value is -1.35. The molecule has 0 amide bonds. The molecule has 0 spiro atoms. The fraction of sp³-hybridized carbons (Fsp3) is 0.533. The molecule has 0 fully saturated rings. The fourth-order valence-corrected chi connectivity index (χ4v) is 1.69. The first-order chi connectivity index (χ1) is 8.33. The molecule has 1 rings (SSSR count). The number of ketones is 1. The first-order valence-electron chi connectivity index (χ1n) is 6.40. The SMILES string of the molecule is CCNC(C)C(=O)c1ccc(OC(C)(C)C)cc1. The van der Waals surface area contributed by atoms with E-state index in [1.807, 2.05) is 58.9 Å². The normalized spacial score (nSPS) is 13.2. The van der Waals surface area contributed by atoms with Gasteiger partial charge in [-0.25, -0.2) is 0 Å². The number of nitrogens with one attached hydrogen (secondary N) is 1. The van der Waals surface area contributed by atoms with Gasteiger partial charge >= 0.3 is 0 Å². The van der Waals surface area contributed by atoms with Gasteiger partial charge in [0.05, 0.1) is 6.04 Å². The van der Waals surface area contributed by atoms with Crippen molar-refractivity contribution in [2.24, 2.45) is 0 Å². The van der Waals surface area contributed by atoms with Crippen molar-refractivity contribution < 1.29 is 9.53 Å². The average Bonchev–Trinajstić information content (AvgIpc) is 2.27. The molecule has 1 aromatic rings. The third kappa shape index (κ3) is 4.49. The van der Waals surface area contributed by atoms with E-state index >= 15 is 0 Å². The van der Waals surface area contributed by atoms with Crippen LogP contribution in [-0.2, 0) is 0 Å². The van der Waals surface area contributed by atoms with Crippen molar-refractivity contribution in [2.75, 3.05) is 6.54 Å². The van der Waals surface area contributed by atoms with E-state index in [1.165, 1.54) is 0 Å². The summed E-state index contributed by atoms with van der Waals surface area (Å²) in [6.45, 7) is 10.7. The summed E-state index contributed by atoms with van der Waals surface area (Å²) >= 11 is 0. The number of Topliss-reactive ketones (excluding diaryl/α,β-unsaturated/α-hetero) is 1. The van der Waals surface area contributed by atoms with Gasteiger partial charge in [-0.2, -0.15) is 0 Å². The van der Waals surface area contributed by atoms with Gasteiger partial charge in [-0.3, -0.25) is 4.79 Å². The van der Waals surface area contributed by atoms with Crippen LogP contribution in [0.25, 0.3) is 0 Å². The van der Waals surface area contributed by atoms with E-state index in [0.29, 0.717) is 5.56 Å². The van der Waals surface area contributed by atoms with Crippen molar-refractivity contribution in [2.45, 2.75) is 46.3 Å². The minimum absolute atomic E-state index is 0.110. The van der Waals surface area contributed by atoms with Crippen LogP contribution in [0.15, 0.2) is 24.3 Å². The van der Waals surface area contributed by atoms with Crippen molar-refractivity contribution in [3.8, 4) is 5.75 Å². The predicted octanol–water partition coefficient (Wildman–Crippen LogP) is 3.04. The van der Waals surface area contributed by atoms with Crippen molar-refractivity contribution in [3.05, 3.63) is 29.8 Å². The Bertz CT molecular complexity index is 390. The van der Waals surface area contributed by atoms with Gasteiger partial charge in [-0.1, -0.05) is 6.92 Å². The zero-order chi connectivity index (χ0) is 13.8. The molecule has 0 saturated carbocycles. The Balaban J connectivity index is 2.74. The number of likely N-dealkylation sites (N-methyl/N-ethyl adjacent to an activating group) is 1. The molecule has 18 heavy (non-hydrogen) atoms. The Labute approximate surface area is 110 Å². The van der Waals surface area contributed by atoms with E-state index in [-0.39, 0.29) is 17.4 Å². The van der Waals surface area contributed by atoms with E-state index in [0.717, 1.165) is 12.3 Å². The van der Waals surface area contributed by atoms with Gasteiger partial charge in [0.15, 0.2) is 5.78 Å². The predicted molar refractivity (Wildman–Crippen MR) is 74.3 cm³/mol. The van der Waals surface area contributed by atoms with E-state index in [2.05, 4.69) is 5.32 Å². The monoisotopic (exact) mass is 249 g/mol. The highest BCUT2D eigenvalue weighted by Gasteiger charge is 2.15. The van der Waals surface area contributed by atoms with Crippen LogP contribution in [0.4, 0.5) is 0 Å². The summed E-state index contributed by atoms with van der Waals surface area (Å²) in [7, 11) is 0. The van der Waals surface area contributed by atoms with Gasteiger partial charge in [0.2, 0.25) is 0 Å². The number of hydrogen-bond acceptors (Lipinski definition) is 3. The molecule has 1 unspecified atom stereocenters. The molecule has 0 aliphatic heterocycles. The molecule has 0 bridgehead atoms. The lowest BCUT2D eigenvalue weighted by atomic mass is 10.1. The Morgan fingerprint density at radius 3 is 2.28 bits per heavy atom. The van der Waals surface area contributed by atoms with Crippen LogP contribution in [-0.4, -0.2) is 24.0 Å². The lowest BCUT2D eigenvalue weighted by molar-refractivity contribution is 0.0952.